The first-order chi connectivity index (χ1) is 13.2. The van der Waals surface area contributed by atoms with Crippen LogP contribution < -0.4 is 14.4 Å². The predicted octanol–water partition coefficient (Wildman–Crippen LogP) is 4.55. The zero-order chi connectivity index (χ0) is 18.7. The second-order valence-corrected chi connectivity index (χ2v) is 7.67. The lowest BCUT2D eigenvalue weighted by molar-refractivity contribution is 0.180. The van der Waals surface area contributed by atoms with Crippen molar-refractivity contribution in [2.75, 3.05) is 38.4 Å². The highest BCUT2D eigenvalue weighted by Gasteiger charge is 2.45. The molecule has 1 unspecified atom stereocenters. The molecule has 2 aliphatic rings. The molecule has 1 fully saturated rings. The van der Waals surface area contributed by atoms with Crippen molar-refractivity contribution in [2.24, 2.45) is 0 Å². The van der Waals surface area contributed by atoms with E-state index in [0.29, 0.717) is 0 Å². The number of rotatable bonds is 7. The molecule has 4 rings (SSSR count). The van der Waals surface area contributed by atoms with Gasteiger partial charge in [0.1, 0.15) is 11.5 Å². The van der Waals surface area contributed by atoms with Crippen molar-refractivity contribution in [2.45, 2.75) is 38.1 Å². The average molecular weight is 367 g/mol. The van der Waals surface area contributed by atoms with E-state index in [2.05, 4.69) is 42.2 Å². The molecule has 0 aromatic heterocycles. The van der Waals surface area contributed by atoms with Gasteiger partial charge in [-0.2, -0.15) is 0 Å². The van der Waals surface area contributed by atoms with Crippen molar-refractivity contribution in [3.05, 3.63) is 53.6 Å². The molecule has 2 aromatic carbocycles. The fraction of sp³-hybridized carbons (Fsp3) is 0.478. The van der Waals surface area contributed by atoms with Crippen LogP contribution in [0.1, 0.15) is 37.3 Å². The first-order valence-electron chi connectivity index (χ1n) is 9.97. The third-order valence-corrected chi connectivity index (χ3v) is 5.78. The number of benzene rings is 2. The highest BCUT2D eigenvalue weighted by molar-refractivity contribution is 5.65. The van der Waals surface area contributed by atoms with Gasteiger partial charge in [0.25, 0.3) is 0 Å². The number of hydrogen-bond donors (Lipinski definition) is 0. The molecular weight excluding hydrogens is 338 g/mol. The van der Waals surface area contributed by atoms with Crippen LogP contribution in [0.25, 0.3) is 0 Å². The number of fused-ring (bicyclic) bond motifs is 2. The summed E-state index contributed by atoms with van der Waals surface area (Å²) < 4.78 is 17.1. The second kappa shape index (κ2) is 7.81. The van der Waals surface area contributed by atoms with Crippen LogP contribution in [0.3, 0.4) is 0 Å². The summed E-state index contributed by atoms with van der Waals surface area (Å²) >= 11 is 0. The third-order valence-electron chi connectivity index (χ3n) is 5.78. The average Bonchev–Trinajstić information content (AvgIpc) is 3.28. The van der Waals surface area contributed by atoms with Crippen molar-refractivity contribution in [1.29, 1.82) is 0 Å². The number of unbranched alkanes of at least 4 members (excludes halogenated alkanes) is 1. The minimum Gasteiger partial charge on any atom is -0.497 e. The largest absolute Gasteiger partial charge is 0.497 e. The zero-order valence-corrected chi connectivity index (χ0v) is 16.4. The van der Waals surface area contributed by atoms with Crippen LogP contribution >= 0.6 is 0 Å². The second-order valence-electron chi connectivity index (χ2n) is 7.67. The molecule has 1 spiro atoms. The van der Waals surface area contributed by atoms with Gasteiger partial charge in [-0.25, -0.2) is 0 Å². The fourth-order valence-corrected chi connectivity index (χ4v) is 4.22. The van der Waals surface area contributed by atoms with Gasteiger partial charge in [-0.15, -0.1) is 0 Å². The van der Waals surface area contributed by atoms with E-state index in [-0.39, 0.29) is 5.41 Å². The van der Waals surface area contributed by atoms with Crippen molar-refractivity contribution in [3.8, 4) is 11.5 Å². The van der Waals surface area contributed by atoms with Crippen LogP contribution in [0.5, 0.6) is 11.5 Å². The van der Waals surface area contributed by atoms with Gasteiger partial charge < -0.3 is 19.1 Å². The van der Waals surface area contributed by atoms with E-state index >= 15 is 0 Å². The first-order valence-corrected chi connectivity index (χ1v) is 9.97. The number of nitrogens with zero attached hydrogens (tertiary/aromatic N) is 1. The van der Waals surface area contributed by atoms with Crippen molar-refractivity contribution >= 4 is 5.69 Å². The van der Waals surface area contributed by atoms with E-state index in [1.54, 1.807) is 7.11 Å². The Labute approximate surface area is 162 Å². The predicted molar refractivity (Wildman–Crippen MR) is 108 cm³/mol. The number of hydrogen-bond acceptors (Lipinski definition) is 4. The summed E-state index contributed by atoms with van der Waals surface area (Å²) in [4.78, 5) is 2.48. The van der Waals surface area contributed by atoms with Gasteiger partial charge in [-0.1, -0.05) is 31.5 Å². The van der Waals surface area contributed by atoms with Crippen LogP contribution in [0, 0.1) is 0 Å². The van der Waals surface area contributed by atoms with E-state index in [9.17, 15) is 0 Å². The lowest BCUT2D eigenvalue weighted by Gasteiger charge is -2.24. The van der Waals surface area contributed by atoms with E-state index in [0.717, 1.165) is 63.7 Å². The van der Waals surface area contributed by atoms with Crippen LogP contribution in [-0.4, -0.2) is 33.5 Å². The maximum atomic E-state index is 5.98. The molecule has 0 saturated carbocycles. The van der Waals surface area contributed by atoms with Crippen molar-refractivity contribution in [3.63, 3.8) is 0 Å². The van der Waals surface area contributed by atoms with E-state index < -0.39 is 0 Å². The summed E-state index contributed by atoms with van der Waals surface area (Å²) in [6.07, 6.45) is 3.33. The normalized spacial score (nSPS) is 20.9. The standard InChI is InChI=1S/C23H29NO3/c1-3-4-12-27-20-9-10-21-22(14-20)24(16-23(21)11-13-26-17-23)15-18-5-7-19(25-2)8-6-18/h5-10,14H,3-4,11-13,15-17H2,1-2H3. The lowest BCUT2D eigenvalue weighted by Crippen LogP contribution is -2.33. The van der Waals surface area contributed by atoms with Gasteiger partial charge in [0.05, 0.1) is 20.3 Å². The topological polar surface area (TPSA) is 30.9 Å². The molecule has 27 heavy (non-hydrogen) atoms. The lowest BCUT2D eigenvalue weighted by atomic mass is 9.82. The number of methoxy groups -OCH3 is 1. The van der Waals surface area contributed by atoms with Crippen molar-refractivity contribution < 1.29 is 14.2 Å². The summed E-state index contributed by atoms with van der Waals surface area (Å²) in [5.74, 6) is 1.87. The summed E-state index contributed by atoms with van der Waals surface area (Å²) in [5, 5.41) is 0. The Hall–Kier alpha value is -2.20. The van der Waals surface area contributed by atoms with Crippen LogP contribution in [0.15, 0.2) is 42.5 Å². The Morgan fingerprint density at radius 2 is 1.93 bits per heavy atom. The van der Waals surface area contributed by atoms with Gasteiger partial charge in [-0.05, 0) is 42.2 Å². The monoisotopic (exact) mass is 367 g/mol. The molecule has 1 saturated heterocycles. The molecular formula is C23H29NO3. The minimum absolute atomic E-state index is 0.129. The summed E-state index contributed by atoms with van der Waals surface area (Å²) in [6, 6.07) is 15.0. The summed E-state index contributed by atoms with van der Waals surface area (Å²) in [6.45, 7) is 6.53. The Kier molecular flexibility index (Phi) is 5.26. The SMILES string of the molecule is CCCCOc1ccc2c(c1)N(Cc1ccc(OC)cc1)CC21CCOC1. The van der Waals surface area contributed by atoms with Gasteiger partial charge in [0, 0.05) is 36.9 Å². The molecule has 0 amide bonds. The maximum absolute atomic E-state index is 5.98. The fourth-order valence-electron chi connectivity index (χ4n) is 4.22. The van der Waals surface area contributed by atoms with E-state index in [1.165, 1.54) is 16.8 Å². The molecule has 0 bridgehead atoms. The molecule has 144 valence electrons. The molecule has 0 aliphatic carbocycles. The number of anilines is 1. The minimum atomic E-state index is 0.129. The van der Waals surface area contributed by atoms with Gasteiger partial charge >= 0.3 is 0 Å². The molecule has 4 nitrogen and oxygen atoms in total. The van der Waals surface area contributed by atoms with Crippen LogP contribution in [0.2, 0.25) is 0 Å². The molecule has 2 aromatic rings. The molecule has 2 aliphatic heterocycles. The molecule has 4 heteroatoms. The summed E-state index contributed by atoms with van der Waals surface area (Å²) in [5.41, 5.74) is 4.13. The maximum Gasteiger partial charge on any atom is 0.121 e. The summed E-state index contributed by atoms with van der Waals surface area (Å²) in [7, 11) is 1.70. The molecule has 1 atom stereocenters. The van der Waals surface area contributed by atoms with Gasteiger partial charge in [0.15, 0.2) is 0 Å². The van der Waals surface area contributed by atoms with E-state index in [1.807, 2.05) is 12.1 Å². The molecule has 0 radical (unpaired) electrons. The smallest absolute Gasteiger partial charge is 0.121 e. The Morgan fingerprint density at radius 3 is 2.63 bits per heavy atom. The number of ether oxygens (including phenoxy) is 3. The van der Waals surface area contributed by atoms with Crippen molar-refractivity contribution in [1.82, 2.24) is 0 Å². The quantitative estimate of drug-likeness (QED) is 0.672. The third kappa shape index (κ3) is 3.63. The van der Waals surface area contributed by atoms with Crippen LogP contribution in [-0.2, 0) is 16.7 Å². The Morgan fingerprint density at radius 1 is 1.11 bits per heavy atom. The van der Waals surface area contributed by atoms with E-state index in [4.69, 9.17) is 14.2 Å². The van der Waals surface area contributed by atoms with Gasteiger partial charge in [0.2, 0.25) is 0 Å². The first kappa shape index (κ1) is 18.2. The molecule has 0 N–H and O–H groups in total. The molecule has 2 heterocycles. The highest BCUT2D eigenvalue weighted by Crippen LogP contribution is 2.47. The highest BCUT2D eigenvalue weighted by atomic mass is 16.5. The zero-order valence-electron chi connectivity index (χ0n) is 16.4. The Bertz CT molecular complexity index is 766. The van der Waals surface area contributed by atoms with Crippen LogP contribution in [0.4, 0.5) is 5.69 Å². The van der Waals surface area contributed by atoms with Gasteiger partial charge in [-0.3, -0.25) is 0 Å². The Balaban J connectivity index is 1.59.